The number of para-hydroxylation sites is 1. The van der Waals surface area contributed by atoms with Gasteiger partial charge in [-0.25, -0.2) is 0 Å². The van der Waals surface area contributed by atoms with Gasteiger partial charge in [0.2, 0.25) is 0 Å². The van der Waals surface area contributed by atoms with Crippen molar-refractivity contribution in [2.75, 3.05) is 19.0 Å². The molecular formula is C11H15NO. The molecule has 0 aliphatic heterocycles. The molecule has 0 spiro atoms. The summed E-state index contributed by atoms with van der Waals surface area (Å²) in [4.78, 5) is 2.05. The van der Waals surface area contributed by atoms with Gasteiger partial charge in [-0.1, -0.05) is 18.2 Å². The molecule has 70 valence electrons. The van der Waals surface area contributed by atoms with Crippen LogP contribution < -0.4 is 4.90 Å². The first kappa shape index (κ1) is 8.57. The third-order valence-electron chi connectivity index (χ3n) is 2.61. The lowest BCUT2D eigenvalue weighted by molar-refractivity contribution is 0.152. The maximum atomic E-state index is 10.0. The number of hydrogen-bond acceptors (Lipinski definition) is 2. The molecule has 13 heavy (non-hydrogen) atoms. The zero-order chi connectivity index (χ0) is 9.47. The quantitative estimate of drug-likeness (QED) is 0.743. The molecule has 1 N–H and O–H groups in total. The predicted octanol–water partition coefficient (Wildman–Crippen LogP) is 1.73. The van der Waals surface area contributed by atoms with Crippen molar-refractivity contribution in [3.05, 3.63) is 29.8 Å². The molecule has 1 fully saturated rings. The van der Waals surface area contributed by atoms with E-state index in [0.29, 0.717) is 0 Å². The Labute approximate surface area is 78.8 Å². The average molecular weight is 177 g/mol. The predicted molar refractivity (Wildman–Crippen MR) is 53.9 cm³/mol. The molecule has 2 rings (SSSR count). The van der Waals surface area contributed by atoms with Crippen LogP contribution in [0.25, 0.3) is 0 Å². The van der Waals surface area contributed by atoms with Crippen LogP contribution in [-0.4, -0.2) is 19.2 Å². The van der Waals surface area contributed by atoms with E-state index in [1.165, 1.54) is 0 Å². The second-order valence-electron chi connectivity index (χ2n) is 3.94. The highest BCUT2D eigenvalue weighted by Gasteiger charge is 2.43. The minimum atomic E-state index is -0.527. The first-order valence-electron chi connectivity index (χ1n) is 4.63. The third-order valence-corrected chi connectivity index (χ3v) is 2.61. The molecule has 1 aliphatic rings. The van der Waals surface area contributed by atoms with Crippen molar-refractivity contribution in [2.45, 2.75) is 18.4 Å². The summed E-state index contributed by atoms with van der Waals surface area (Å²) < 4.78 is 0. The molecular weight excluding hydrogens is 162 g/mol. The van der Waals surface area contributed by atoms with E-state index in [4.69, 9.17) is 0 Å². The van der Waals surface area contributed by atoms with Crippen LogP contribution in [0.3, 0.4) is 0 Å². The van der Waals surface area contributed by atoms with E-state index in [-0.39, 0.29) is 0 Å². The standard InChI is InChI=1S/C11H15NO/c1-12(2)10-6-4-3-5-9(10)11(13)7-8-11/h3-6,13H,7-8H2,1-2H3. The normalized spacial score (nSPS) is 18.4. The lowest BCUT2D eigenvalue weighted by Gasteiger charge is -2.20. The van der Waals surface area contributed by atoms with Crippen molar-refractivity contribution in [1.82, 2.24) is 0 Å². The van der Waals surface area contributed by atoms with E-state index in [0.717, 1.165) is 24.1 Å². The molecule has 0 atom stereocenters. The highest BCUT2D eigenvalue weighted by Crippen LogP contribution is 2.48. The van der Waals surface area contributed by atoms with Crippen LogP contribution in [0.2, 0.25) is 0 Å². The van der Waals surface area contributed by atoms with Gasteiger partial charge in [-0.05, 0) is 18.9 Å². The fourth-order valence-corrected chi connectivity index (χ4v) is 1.64. The Morgan fingerprint density at radius 3 is 2.38 bits per heavy atom. The second-order valence-corrected chi connectivity index (χ2v) is 3.94. The number of rotatable bonds is 2. The molecule has 0 amide bonds. The summed E-state index contributed by atoms with van der Waals surface area (Å²) in [7, 11) is 4.01. The fraction of sp³-hybridized carbons (Fsp3) is 0.455. The zero-order valence-corrected chi connectivity index (χ0v) is 8.12. The molecule has 0 heterocycles. The molecule has 0 radical (unpaired) electrons. The van der Waals surface area contributed by atoms with Crippen LogP contribution in [-0.2, 0) is 5.60 Å². The molecule has 1 saturated carbocycles. The summed E-state index contributed by atoms with van der Waals surface area (Å²) in [5.74, 6) is 0. The van der Waals surface area contributed by atoms with Crippen LogP contribution in [0.1, 0.15) is 18.4 Å². The van der Waals surface area contributed by atoms with Crippen LogP contribution in [0.5, 0.6) is 0 Å². The van der Waals surface area contributed by atoms with Gasteiger partial charge in [-0.15, -0.1) is 0 Å². The van der Waals surface area contributed by atoms with Crippen molar-refractivity contribution >= 4 is 5.69 Å². The maximum Gasteiger partial charge on any atom is 0.0918 e. The summed E-state index contributed by atoms with van der Waals surface area (Å²) in [6, 6.07) is 8.05. The van der Waals surface area contributed by atoms with Gasteiger partial charge in [0.25, 0.3) is 0 Å². The monoisotopic (exact) mass is 177 g/mol. The topological polar surface area (TPSA) is 23.5 Å². The lowest BCUT2D eigenvalue weighted by Crippen LogP contribution is -2.15. The SMILES string of the molecule is CN(C)c1ccccc1C1(O)CC1. The lowest BCUT2D eigenvalue weighted by atomic mass is 10.1. The van der Waals surface area contributed by atoms with Gasteiger partial charge in [0.1, 0.15) is 0 Å². The minimum absolute atomic E-state index is 0.527. The number of anilines is 1. The number of benzene rings is 1. The highest BCUT2D eigenvalue weighted by molar-refractivity contribution is 5.56. The Morgan fingerprint density at radius 1 is 1.23 bits per heavy atom. The Kier molecular flexibility index (Phi) is 1.81. The van der Waals surface area contributed by atoms with Gasteiger partial charge in [-0.3, -0.25) is 0 Å². The largest absolute Gasteiger partial charge is 0.385 e. The Bertz CT molecular complexity index is 316. The summed E-state index contributed by atoms with van der Waals surface area (Å²) in [5, 5.41) is 10.0. The van der Waals surface area contributed by atoms with E-state index in [9.17, 15) is 5.11 Å². The molecule has 0 saturated heterocycles. The first-order chi connectivity index (χ1) is 6.13. The first-order valence-corrected chi connectivity index (χ1v) is 4.63. The Morgan fingerprint density at radius 2 is 1.85 bits per heavy atom. The van der Waals surface area contributed by atoms with Crippen molar-refractivity contribution in [1.29, 1.82) is 0 Å². The molecule has 2 heteroatoms. The van der Waals surface area contributed by atoms with E-state index in [2.05, 4.69) is 0 Å². The third kappa shape index (κ3) is 1.42. The fourth-order valence-electron chi connectivity index (χ4n) is 1.64. The van der Waals surface area contributed by atoms with Gasteiger partial charge in [0.15, 0.2) is 0 Å². The highest BCUT2D eigenvalue weighted by atomic mass is 16.3. The molecule has 1 aromatic rings. The van der Waals surface area contributed by atoms with Crippen molar-refractivity contribution < 1.29 is 5.11 Å². The average Bonchev–Trinajstić information content (AvgIpc) is 2.85. The maximum absolute atomic E-state index is 10.0. The van der Waals surface area contributed by atoms with Gasteiger partial charge < -0.3 is 10.0 Å². The molecule has 0 aromatic heterocycles. The summed E-state index contributed by atoms with van der Waals surface area (Å²) >= 11 is 0. The summed E-state index contributed by atoms with van der Waals surface area (Å²) in [6.45, 7) is 0. The smallest absolute Gasteiger partial charge is 0.0918 e. The van der Waals surface area contributed by atoms with Crippen molar-refractivity contribution in [3.8, 4) is 0 Å². The molecule has 1 aromatic carbocycles. The second kappa shape index (κ2) is 2.74. The molecule has 2 nitrogen and oxygen atoms in total. The van der Waals surface area contributed by atoms with E-state index >= 15 is 0 Å². The molecule has 0 unspecified atom stereocenters. The number of aliphatic hydroxyl groups is 1. The van der Waals surface area contributed by atoms with E-state index in [1.807, 2.05) is 43.3 Å². The van der Waals surface area contributed by atoms with Crippen LogP contribution in [0, 0.1) is 0 Å². The zero-order valence-electron chi connectivity index (χ0n) is 8.12. The van der Waals surface area contributed by atoms with E-state index in [1.54, 1.807) is 0 Å². The minimum Gasteiger partial charge on any atom is -0.385 e. The van der Waals surface area contributed by atoms with Gasteiger partial charge in [-0.2, -0.15) is 0 Å². The number of hydrogen-bond donors (Lipinski definition) is 1. The summed E-state index contributed by atoms with van der Waals surface area (Å²) in [5.41, 5.74) is 1.67. The number of nitrogens with zero attached hydrogens (tertiary/aromatic N) is 1. The molecule has 1 aliphatic carbocycles. The van der Waals surface area contributed by atoms with Crippen LogP contribution >= 0.6 is 0 Å². The van der Waals surface area contributed by atoms with Crippen LogP contribution in [0.15, 0.2) is 24.3 Å². The Balaban J connectivity index is 2.44. The van der Waals surface area contributed by atoms with Gasteiger partial charge >= 0.3 is 0 Å². The van der Waals surface area contributed by atoms with Gasteiger partial charge in [0, 0.05) is 25.3 Å². The van der Waals surface area contributed by atoms with E-state index < -0.39 is 5.60 Å². The molecule has 0 bridgehead atoms. The van der Waals surface area contributed by atoms with Gasteiger partial charge in [0.05, 0.1) is 5.60 Å². The van der Waals surface area contributed by atoms with Crippen molar-refractivity contribution in [3.63, 3.8) is 0 Å². The summed E-state index contributed by atoms with van der Waals surface area (Å²) in [6.07, 6.45) is 1.80. The van der Waals surface area contributed by atoms with Crippen molar-refractivity contribution in [2.24, 2.45) is 0 Å². The van der Waals surface area contributed by atoms with Crippen LogP contribution in [0.4, 0.5) is 5.69 Å². The Hall–Kier alpha value is -1.02.